The number of carboxylic acids is 1. The van der Waals surface area contributed by atoms with E-state index in [0.29, 0.717) is 19.6 Å². The highest BCUT2D eigenvalue weighted by Crippen LogP contribution is 2.18. The fourth-order valence-electron chi connectivity index (χ4n) is 1.99. The maximum atomic E-state index is 11.5. The van der Waals surface area contributed by atoms with E-state index in [0.717, 1.165) is 25.7 Å². The molecule has 1 fully saturated rings. The number of aliphatic carboxylic acids is 1. The maximum Gasteiger partial charge on any atom is 0.326 e. The summed E-state index contributed by atoms with van der Waals surface area (Å²) in [5, 5.41) is 11.7. The number of unbranched alkanes of at least 4 members (excludes halogenated alkanes) is 1. The van der Waals surface area contributed by atoms with E-state index in [4.69, 9.17) is 9.84 Å². The second kappa shape index (κ2) is 7.27. The van der Waals surface area contributed by atoms with Crippen LogP contribution in [0.3, 0.4) is 0 Å². The Balaban J connectivity index is 2.47. The molecule has 0 aromatic rings. The van der Waals surface area contributed by atoms with E-state index >= 15 is 0 Å². The molecule has 1 amide bonds. The Kier molecular flexibility index (Phi) is 5.97. The molecule has 17 heavy (non-hydrogen) atoms. The average molecular weight is 243 g/mol. The summed E-state index contributed by atoms with van der Waals surface area (Å²) in [6.45, 7) is 3.11. The minimum Gasteiger partial charge on any atom is -0.480 e. The SMILES string of the molecule is CCCCC(=O)NC(C(=O)O)C1CCCOC1. The second-order valence-corrected chi connectivity index (χ2v) is 4.46. The van der Waals surface area contributed by atoms with Crippen LogP contribution in [0.15, 0.2) is 0 Å². The van der Waals surface area contributed by atoms with Gasteiger partial charge in [-0.15, -0.1) is 0 Å². The summed E-state index contributed by atoms with van der Waals surface area (Å²) >= 11 is 0. The van der Waals surface area contributed by atoms with Crippen LogP contribution in [-0.4, -0.2) is 36.2 Å². The van der Waals surface area contributed by atoms with Crippen molar-refractivity contribution in [3.05, 3.63) is 0 Å². The van der Waals surface area contributed by atoms with Crippen LogP contribution in [-0.2, 0) is 14.3 Å². The normalized spacial score (nSPS) is 21.8. The number of carbonyl (C=O) groups is 2. The van der Waals surface area contributed by atoms with Gasteiger partial charge in [-0.3, -0.25) is 4.79 Å². The molecule has 98 valence electrons. The zero-order valence-electron chi connectivity index (χ0n) is 10.3. The topological polar surface area (TPSA) is 75.6 Å². The number of amides is 1. The number of nitrogens with one attached hydrogen (secondary N) is 1. The molecule has 0 aromatic heterocycles. The molecule has 1 saturated heterocycles. The molecule has 5 heteroatoms. The van der Waals surface area contributed by atoms with Crippen LogP contribution in [0.5, 0.6) is 0 Å². The van der Waals surface area contributed by atoms with Gasteiger partial charge in [0.05, 0.1) is 6.61 Å². The first-order valence-electron chi connectivity index (χ1n) is 6.25. The predicted octanol–water partition coefficient (Wildman–Crippen LogP) is 1.17. The Bertz CT molecular complexity index is 261. The smallest absolute Gasteiger partial charge is 0.326 e. The first kappa shape index (κ1) is 14.0. The van der Waals surface area contributed by atoms with Crippen LogP contribution < -0.4 is 5.32 Å². The highest BCUT2D eigenvalue weighted by atomic mass is 16.5. The molecule has 2 atom stereocenters. The third-order valence-corrected chi connectivity index (χ3v) is 3.01. The van der Waals surface area contributed by atoms with E-state index in [2.05, 4.69) is 5.32 Å². The van der Waals surface area contributed by atoms with Gasteiger partial charge >= 0.3 is 5.97 Å². The van der Waals surface area contributed by atoms with Crippen molar-refractivity contribution in [1.82, 2.24) is 5.32 Å². The summed E-state index contributed by atoms with van der Waals surface area (Å²) in [6.07, 6.45) is 3.77. The Morgan fingerprint density at radius 3 is 2.82 bits per heavy atom. The molecule has 2 N–H and O–H groups in total. The summed E-state index contributed by atoms with van der Waals surface area (Å²) in [5.74, 6) is -1.25. The maximum absolute atomic E-state index is 11.5. The largest absolute Gasteiger partial charge is 0.480 e. The van der Waals surface area contributed by atoms with E-state index in [-0.39, 0.29) is 11.8 Å². The molecule has 1 aliphatic heterocycles. The van der Waals surface area contributed by atoms with Crippen LogP contribution in [0.2, 0.25) is 0 Å². The highest BCUT2D eigenvalue weighted by Gasteiger charge is 2.30. The standard InChI is InChI=1S/C12H21NO4/c1-2-3-6-10(14)13-11(12(15)16)9-5-4-7-17-8-9/h9,11H,2-8H2,1H3,(H,13,14)(H,15,16). The van der Waals surface area contributed by atoms with Gasteiger partial charge in [-0.05, 0) is 19.3 Å². The highest BCUT2D eigenvalue weighted by molar-refractivity contribution is 5.83. The minimum absolute atomic E-state index is 0.105. The number of hydrogen-bond donors (Lipinski definition) is 2. The van der Waals surface area contributed by atoms with Gasteiger partial charge in [-0.1, -0.05) is 13.3 Å². The zero-order chi connectivity index (χ0) is 12.7. The second-order valence-electron chi connectivity index (χ2n) is 4.46. The van der Waals surface area contributed by atoms with Crippen LogP contribution in [0.25, 0.3) is 0 Å². The summed E-state index contributed by atoms with van der Waals surface area (Å²) in [5.41, 5.74) is 0. The molecule has 0 saturated carbocycles. The number of ether oxygens (including phenoxy) is 1. The molecular formula is C12H21NO4. The summed E-state index contributed by atoms with van der Waals surface area (Å²) in [4.78, 5) is 22.7. The lowest BCUT2D eigenvalue weighted by Crippen LogP contribution is -2.48. The quantitative estimate of drug-likeness (QED) is 0.734. The fraction of sp³-hybridized carbons (Fsp3) is 0.833. The lowest BCUT2D eigenvalue weighted by atomic mass is 9.93. The fourth-order valence-corrected chi connectivity index (χ4v) is 1.99. The van der Waals surface area contributed by atoms with Gasteiger partial charge in [0.2, 0.25) is 5.91 Å². The molecule has 0 bridgehead atoms. The van der Waals surface area contributed by atoms with Gasteiger partial charge in [-0.25, -0.2) is 4.79 Å². The molecule has 0 spiro atoms. The van der Waals surface area contributed by atoms with Gasteiger partial charge in [0.25, 0.3) is 0 Å². The Labute approximate surface area is 102 Å². The molecule has 0 radical (unpaired) electrons. The molecule has 0 aromatic carbocycles. The first-order valence-corrected chi connectivity index (χ1v) is 6.25. The Morgan fingerprint density at radius 2 is 2.29 bits per heavy atom. The van der Waals surface area contributed by atoms with Crippen LogP contribution in [0.4, 0.5) is 0 Å². The minimum atomic E-state index is -0.967. The van der Waals surface area contributed by atoms with Gasteiger partial charge in [0.15, 0.2) is 0 Å². The van der Waals surface area contributed by atoms with Crippen LogP contribution in [0, 0.1) is 5.92 Å². The number of carboxylic acid groups (broad SMARTS) is 1. The number of carbonyl (C=O) groups excluding carboxylic acids is 1. The van der Waals surface area contributed by atoms with Crippen molar-refractivity contribution >= 4 is 11.9 Å². The summed E-state index contributed by atoms with van der Waals surface area (Å²) < 4.78 is 5.26. The number of hydrogen-bond acceptors (Lipinski definition) is 3. The monoisotopic (exact) mass is 243 g/mol. The lowest BCUT2D eigenvalue weighted by Gasteiger charge is -2.28. The summed E-state index contributed by atoms with van der Waals surface area (Å²) in [7, 11) is 0. The van der Waals surface area contributed by atoms with Gasteiger partial charge in [-0.2, -0.15) is 0 Å². The van der Waals surface area contributed by atoms with Crippen molar-refractivity contribution in [2.45, 2.75) is 45.1 Å². The third-order valence-electron chi connectivity index (χ3n) is 3.01. The van der Waals surface area contributed by atoms with Gasteiger partial charge < -0.3 is 15.2 Å². The molecule has 5 nitrogen and oxygen atoms in total. The molecule has 0 aliphatic carbocycles. The van der Waals surface area contributed by atoms with E-state index < -0.39 is 12.0 Å². The third kappa shape index (κ3) is 4.73. The zero-order valence-corrected chi connectivity index (χ0v) is 10.3. The van der Waals surface area contributed by atoms with E-state index in [1.165, 1.54) is 0 Å². The van der Waals surface area contributed by atoms with Crippen molar-refractivity contribution in [1.29, 1.82) is 0 Å². The molecule has 1 aliphatic rings. The van der Waals surface area contributed by atoms with E-state index in [9.17, 15) is 9.59 Å². The average Bonchev–Trinajstić information content (AvgIpc) is 2.34. The number of rotatable bonds is 6. The lowest BCUT2D eigenvalue weighted by molar-refractivity contribution is -0.145. The van der Waals surface area contributed by atoms with Gasteiger partial charge in [0, 0.05) is 18.9 Å². The van der Waals surface area contributed by atoms with Crippen molar-refractivity contribution in [2.24, 2.45) is 5.92 Å². The van der Waals surface area contributed by atoms with Gasteiger partial charge in [0.1, 0.15) is 6.04 Å². The Hall–Kier alpha value is -1.10. The van der Waals surface area contributed by atoms with E-state index in [1.807, 2.05) is 6.92 Å². The Morgan fingerprint density at radius 1 is 1.53 bits per heavy atom. The molecule has 2 unspecified atom stereocenters. The predicted molar refractivity (Wildman–Crippen MR) is 62.6 cm³/mol. The molecular weight excluding hydrogens is 222 g/mol. The summed E-state index contributed by atoms with van der Waals surface area (Å²) in [6, 6.07) is -0.806. The van der Waals surface area contributed by atoms with Crippen LogP contribution in [0.1, 0.15) is 39.0 Å². The first-order chi connectivity index (χ1) is 8.15. The van der Waals surface area contributed by atoms with Crippen molar-refractivity contribution in [2.75, 3.05) is 13.2 Å². The van der Waals surface area contributed by atoms with Crippen molar-refractivity contribution in [3.63, 3.8) is 0 Å². The van der Waals surface area contributed by atoms with Crippen LogP contribution >= 0.6 is 0 Å². The van der Waals surface area contributed by atoms with Crippen molar-refractivity contribution < 1.29 is 19.4 Å². The molecule has 1 heterocycles. The van der Waals surface area contributed by atoms with E-state index in [1.54, 1.807) is 0 Å². The molecule has 1 rings (SSSR count). The van der Waals surface area contributed by atoms with Crippen molar-refractivity contribution in [3.8, 4) is 0 Å².